The molecule has 0 aliphatic rings. The Bertz CT molecular complexity index is 164. The van der Waals surface area contributed by atoms with Crippen LogP contribution in [0, 0.1) is 0 Å². The average Bonchev–Trinajstić information content (AvgIpc) is 1.99. The van der Waals surface area contributed by atoms with Gasteiger partial charge in [-0.15, -0.1) is 0 Å². The van der Waals surface area contributed by atoms with E-state index in [4.69, 9.17) is 10.2 Å². The van der Waals surface area contributed by atoms with Crippen molar-refractivity contribution in [3.05, 3.63) is 0 Å². The van der Waals surface area contributed by atoms with Crippen molar-refractivity contribution in [2.75, 3.05) is 6.61 Å². The van der Waals surface area contributed by atoms with Crippen LogP contribution in [0.15, 0.2) is 0 Å². The summed E-state index contributed by atoms with van der Waals surface area (Å²) in [6.45, 7) is 4.71. The van der Waals surface area contributed by atoms with E-state index in [1.165, 1.54) is 13.8 Å². The maximum Gasteiger partial charge on any atom is 0.132 e. The molecule has 0 saturated carbocycles. The van der Waals surface area contributed by atoms with E-state index in [0.29, 0.717) is 12.8 Å². The van der Waals surface area contributed by atoms with Crippen LogP contribution >= 0.6 is 0 Å². The van der Waals surface area contributed by atoms with E-state index < -0.39 is 6.10 Å². The Labute approximate surface area is 84.9 Å². The molecule has 0 saturated heterocycles. The molecule has 0 aromatic rings. The Morgan fingerprint density at radius 3 is 1.79 bits per heavy atom. The maximum atomic E-state index is 10.1. The van der Waals surface area contributed by atoms with Gasteiger partial charge in [-0.05, 0) is 27.2 Å². The molecule has 0 radical (unpaired) electrons. The number of rotatable bonds is 5. The third-order valence-corrected chi connectivity index (χ3v) is 1.27. The Kier molecular flexibility index (Phi) is 11.6. The van der Waals surface area contributed by atoms with Crippen LogP contribution in [0.1, 0.15) is 40.0 Å². The molecule has 14 heavy (non-hydrogen) atoms. The number of aliphatic hydroxyl groups excluding tert-OH is 2. The summed E-state index contributed by atoms with van der Waals surface area (Å²) in [6.07, 6.45) is 0.920. The summed E-state index contributed by atoms with van der Waals surface area (Å²) >= 11 is 0. The minimum atomic E-state index is -0.475. The van der Waals surface area contributed by atoms with Gasteiger partial charge in [-0.2, -0.15) is 0 Å². The minimum Gasteiger partial charge on any atom is -0.396 e. The lowest BCUT2D eigenvalue weighted by molar-refractivity contribution is -0.119. The van der Waals surface area contributed by atoms with Crippen LogP contribution in [0.25, 0.3) is 0 Å². The largest absolute Gasteiger partial charge is 0.396 e. The van der Waals surface area contributed by atoms with Crippen LogP contribution in [0.4, 0.5) is 0 Å². The van der Waals surface area contributed by atoms with E-state index in [1.54, 1.807) is 6.92 Å². The highest BCUT2D eigenvalue weighted by molar-refractivity contribution is 5.75. The minimum absolute atomic E-state index is 0.0370. The van der Waals surface area contributed by atoms with Crippen molar-refractivity contribution >= 4 is 11.6 Å². The third kappa shape index (κ3) is 22.5. The molecule has 0 aromatic carbocycles. The molecule has 0 aliphatic heterocycles. The summed E-state index contributed by atoms with van der Waals surface area (Å²) in [5.74, 6) is 0.184. The molecule has 0 amide bonds. The molecule has 4 nitrogen and oxygen atoms in total. The number of carbonyl (C=O) groups is 2. The molecule has 1 unspecified atom stereocenters. The van der Waals surface area contributed by atoms with Gasteiger partial charge in [-0.1, -0.05) is 0 Å². The molecule has 1 atom stereocenters. The van der Waals surface area contributed by atoms with Gasteiger partial charge in [-0.25, -0.2) is 0 Å². The number of hydrogen-bond acceptors (Lipinski definition) is 4. The lowest BCUT2D eigenvalue weighted by Crippen LogP contribution is -2.04. The molecule has 0 rings (SSSR count). The average molecular weight is 204 g/mol. The number of carbonyl (C=O) groups excluding carboxylic acids is 2. The van der Waals surface area contributed by atoms with E-state index in [2.05, 4.69) is 0 Å². The van der Waals surface area contributed by atoms with Crippen molar-refractivity contribution in [2.24, 2.45) is 0 Å². The van der Waals surface area contributed by atoms with Crippen LogP contribution in [-0.2, 0) is 9.59 Å². The second-order valence-corrected chi connectivity index (χ2v) is 3.28. The predicted molar refractivity (Wildman–Crippen MR) is 54.0 cm³/mol. The highest BCUT2D eigenvalue weighted by Crippen LogP contribution is 1.87. The molecule has 0 heterocycles. The molecule has 0 fully saturated rings. The Morgan fingerprint density at radius 2 is 1.71 bits per heavy atom. The fourth-order valence-corrected chi connectivity index (χ4v) is 0.744. The van der Waals surface area contributed by atoms with Crippen molar-refractivity contribution in [3.63, 3.8) is 0 Å². The molecule has 2 N–H and O–H groups in total. The first-order valence-corrected chi connectivity index (χ1v) is 4.68. The lowest BCUT2D eigenvalue weighted by Gasteiger charge is -1.95. The predicted octanol–water partition coefficient (Wildman–Crippen LogP) is 0.694. The summed E-state index contributed by atoms with van der Waals surface area (Å²) in [5.41, 5.74) is 0. The normalized spacial score (nSPS) is 11.2. The summed E-state index contributed by atoms with van der Waals surface area (Å²) in [5, 5.41) is 16.7. The fourth-order valence-electron chi connectivity index (χ4n) is 0.744. The van der Waals surface area contributed by atoms with Crippen molar-refractivity contribution in [3.8, 4) is 0 Å². The van der Waals surface area contributed by atoms with Gasteiger partial charge in [0.25, 0.3) is 0 Å². The van der Waals surface area contributed by atoms with Gasteiger partial charge in [0.2, 0.25) is 0 Å². The zero-order chi connectivity index (χ0) is 11.6. The Morgan fingerprint density at radius 1 is 1.21 bits per heavy atom. The molecule has 0 aromatic heterocycles. The fraction of sp³-hybridized carbons (Fsp3) is 0.800. The SMILES string of the molecule is CC(=O)CC(C)O.CC(=O)CCCO. The Hall–Kier alpha value is -0.740. The lowest BCUT2D eigenvalue weighted by atomic mass is 10.2. The summed E-state index contributed by atoms with van der Waals surface area (Å²) < 4.78 is 0. The van der Waals surface area contributed by atoms with E-state index >= 15 is 0 Å². The van der Waals surface area contributed by atoms with Crippen LogP contribution in [0.3, 0.4) is 0 Å². The zero-order valence-electron chi connectivity index (χ0n) is 9.12. The van der Waals surface area contributed by atoms with Crippen LogP contribution in [-0.4, -0.2) is 34.5 Å². The van der Waals surface area contributed by atoms with Gasteiger partial charge in [0.05, 0.1) is 6.10 Å². The molecule has 4 heteroatoms. The van der Waals surface area contributed by atoms with Gasteiger partial charge in [0, 0.05) is 19.4 Å². The quantitative estimate of drug-likeness (QED) is 0.691. The molecule has 0 bridgehead atoms. The van der Waals surface area contributed by atoms with E-state index in [9.17, 15) is 9.59 Å². The van der Waals surface area contributed by atoms with Crippen LogP contribution < -0.4 is 0 Å². The van der Waals surface area contributed by atoms with Gasteiger partial charge in [-0.3, -0.25) is 4.79 Å². The van der Waals surface area contributed by atoms with E-state index in [0.717, 1.165) is 0 Å². The number of hydrogen-bond donors (Lipinski definition) is 2. The van der Waals surface area contributed by atoms with Crippen LogP contribution in [0.5, 0.6) is 0 Å². The van der Waals surface area contributed by atoms with E-state index in [1.807, 2.05) is 0 Å². The number of aliphatic hydroxyl groups is 2. The van der Waals surface area contributed by atoms with Crippen molar-refractivity contribution in [2.45, 2.75) is 46.1 Å². The number of Topliss-reactive ketones (excluding diaryl/α,β-unsaturated/α-hetero) is 2. The van der Waals surface area contributed by atoms with E-state index in [-0.39, 0.29) is 24.6 Å². The maximum absolute atomic E-state index is 10.1. The highest BCUT2D eigenvalue weighted by Gasteiger charge is 1.97. The first kappa shape index (κ1) is 15.7. The highest BCUT2D eigenvalue weighted by atomic mass is 16.3. The smallest absolute Gasteiger partial charge is 0.132 e. The monoisotopic (exact) mass is 204 g/mol. The second-order valence-electron chi connectivity index (χ2n) is 3.28. The Balaban J connectivity index is 0. The molecular weight excluding hydrogens is 184 g/mol. The second kappa shape index (κ2) is 10.3. The summed E-state index contributed by atoms with van der Waals surface area (Å²) in [7, 11) is 0. The molecule has 0 aliphatic carbocycles. The number of ketones is 2. The van der Waals surface area contributed by atoms with Gasteiger partial charge in [0.15, 0.2) is 0 Å². The zero-order valence-corrected chi connectivity index (χ0v) is 9.12. The first-order chi connectivity index (χ1) is 6.40. The molecular formula is C10H20O4. The van der Waals surface area contributed by atoms with Crippen LogP contribution in [0.2, 0.25) is 0 Å². The van der Waals surface area contributed by atoms with Gasteiger partial charge >= 0.3 is 0 Å². The van der Waals surface area contributed by atoms with Crippen molar-refractivity contribution in [1.29, 1.82) is 0 Å². The third-order valence-electron chi connectivity index (χ3n) is 1.27. The van der Waals surface area contributed by atoms with Crippen molar-refractivity contribution < 1.29 is 19.8 Å². The topological polar surface area (TPSA) is 74.6 Å². The first-order valence-electron chi connectivity index (χ1n) is 4.68. The van der Waals surface area contributed by atoms with Gasteiger partial charge < -0.3 is 15.0 Å². The molecule has 84 valence electrons. The van der Waals surface area contributed by atoms with Crippen molar-refractivity contribution in [1.82, 2.24) is 0 Å². The summed E-state index contributed by atoms with van der Waals surface area (Å²) in [4.78, 5) is 20.2. The van der Waals surface area contributed by atoms with Gasteiger partial charge in [0.1, 0.15) is 11.6 Å². The standard InChI is InChI=1S/2C5H10O2/c1-4(6)3-5(2)7;1-5(7)3-2-4-6/h4,6H,3H2,1-2H3;6H,2-4H2,1H3. The molecule has 0 spiro atoms. The summed E-state index contributed by atoms with van der Waals surface area (Å²) in [6, 6.07) is 0.